The number of carbonyl (C=O) groups is 1. The molecule has 0 spiro atoms. The number of nitrogens with one attached hydrogen (secondary N) is 2. The summed E-state index contributed by atoms with van der Waals surface area (Å²) in [6.07, 6.45) is -1.26. The number of anilines is 4. The predicted molar refractivity (Wildman–Crippen MR) is 157 cm³/mol. The number of pyridine rings is 1. The molecule has 0 unspecified atom stereocenters. The molecule has 6 N–H and O–H groups in total. The van der Waals surface area contributed by atoms with Gasteiger partial charge in [-0.05, 0) is 48.7 Å². The third-order valence-electron chi connectivity index (χ3n) is 6.81. The van der Waals surface area contributed by atoms with E-state index in [1.807, 2.05) is 41.7 Å². The second-order valence-corrected chi connectivity index (χ2v) is 9.55. The fourth-order valence-corrected chi connectivity index (χ4v) is 4.98. The Hall–Kier alpha value is -5.65. The number of carbonyl (C=O) groups excluding carboxylic acids is 1. The van der Waals surface area contributed by atoms with Gasteiger partial charge in [0.05, 0.1) is 23.1 Å². The van der Waals surface area contributed by atoms with Crippen LogP contribution in [0, 0.1) is 6.92 Å². The molecule has 3 heterocycles. The number of aromatic nitrogens is 4. The third-order valence-corrected chi connectivity index (χ3v) is 6.81. The summed E-state index contributed by atoms with van der Waals surface area (Å²) in [5, 5.41) is 6.68. The second-order valence-electron chi connectivity index (χ2n) is 9.55. The Labute approximate surface area is 237 Å². The highest BCUT2D eigenvalue weighted by Gasteiger charge is 2.30. The van der Waals surface area contributed by atoms with E-state index in [1.54, 1.807) is 30.6 Å². The number of fused-ring (bicyclic) bond motifs is 2. The molecule has 0 fully saturated rings. The quantitative estimate of drug-likeness (QED) is 0.186. The number of benzene rings is 3. The minimum atomic E-state index is -4.53. The molecule has 0 atom stereocenters. The van der Waals surface area contributed by atoms with Gasteiger partial charge in [-0.1, -0.05) is 36.4 Å². The van der Waals surface area contributed by atoms with Crippen LogP contribution in [0.1, 0.15) is 11.4 Å². The largest absolute Gasteiger partial charge is 0.416 e. The van der Waals surface area contributed by atoms with E-state index in [2.05, 4.69) is 20.6 Å². The van der Waals surface area contributed by atoms with Crippen molar-refractivity contribution in [2.75, 3.05) is 22.1 Å². The number of amides is 2. The maximum absolute atomic E-state index is 13.1. The van der Waals surface area contributed by atoms with Gasteiger partial charge >= 0.3 is 12.2 Å². The molecule has 0 bridgehead atoms. The summed E-state index contributed by atoms with van der Waals surface area (Å²) in [5.74, 6) is 1.32. The predicted octanol–water partition coefficient (Wildman–Crippen LogP) is 6.75. The first-order valence-corrected chi connectivity index (χ1v) is 12.7. The number of nitrogen functional groups attached to an aromatic ring is 2. The van der Waals surface area contributed by atoms with E-state index < -0.39 is 17.8 Å². The molecule has 0 aliphatic carbocycles. The van der Waals surface area contributed by atoms with Crippen molar-refractivity contribution in [3.05, 3.63) is 96.6 Å². The van der Waals surface area contributed by atoms with Crippen LogP contribution in [-0.2, 0) is 6.18 Å². The van der Waals surface area contributed by atoms with Gasteiger partial charge in [-0.2, -0.15) is 13.2 Å². The average Bonchev–Trinajstić information content (AvgIpc) is 3.31. The number of hydrogen-bond acceptors (Lipinski definition) is 6. The highest BCUT2D eigenvalue weighted by atomic mass is 19.4. The van der Waals surface area contributed by atoms with E-state index in [0.717, 1.165) is 34.3 Å². The Morgan fingerprint density at radius 2 is 1.69 bits per heavy atom. The number of imidazole rings is 1. The van der Waals surface area contributed by atoms with Crippen molar-refractivity contribution in [1.82, 2.24) is 19.4 Å². The summed E-state index contributed by atoms with van der Waals surface area (Å²) >= 11 is 0. The van der Waals surface area contributed by atoms with E-state index in [4.69, 9.17) is 16.5 Å². The van der Waals surface area contributed by atoms with Crippen LogP contribution in [0.15, 0.2) is 85.2 Å². The van der Waals surface area contributed by atoms with Crippen LogP contribution in [0.5, 0.6) is 0 Å². The number of aryl methyl sites for hydroxylation is 1. The molecule has 0 saturated heterocycles. The Balaban J connectivity index is 1.40. The van der Waals surface area contributed by atoms with Crippen molar-refractivity contribution in [1.29, 1.82) is 0 Å². The summed E-state index contributed by atoms with van der Waals surface area (Å²) in [7, 11) is 0. The van der Waals surface area contributed by atoms with Crippen molar-refractivity contribution < 1.29 is 18.0 Å². The summed E-state index contributed by atoms with van der Waals surface area (Å²) in [6.45, 7) is 1.86. The van der Waals surface area contributed by atoms with E-state index in [1.165, 1.54) is 12.1 Å². The molecule has 0 aliphatic heterocycles. The van der Waals surface area contributed by atoms with Gasteiger partial charge in [0.1, 0.15) is 28.7 Å². The first-order valence-electron chi connectivity index (χ1n) is 12.7. The van der Waals surface area contributed by atoms with Crippen molar-refractivity contribution in [2.24, 2.45) is 0 Å². The summed E-state index contributed by atoms with van der Waals surface area (Å²) in [4.78, 5) is 26.2. The fourth-order valence-electron chi connectivity index (χ4n) is 4.98. The molecule has 3 aromatic carbocycles. The van der Waals surface area contributed by atoms with E-state index in [-0.39, 0.29) is 11.5 Å². The maximum atomic E-state index is 13.1. The van der Waals surface area contributed by atoms with Crippen molar-refractivity contribution in [2.45, 2.75) is 13.1 Å². The first kappa shape index (κ1) is 26.6. The highest BCUT2D eigenvalue weighted by Crippen LogP contribution is 2.38. The first-order chi connectivity index (χ1) is 20.1. The van der Waals surface area contributed by atoms with Crippen LogP contribution in [0.2, 0.25) is 0 Å². The summed E-state index contributed by atoms with van der Waals surface area (Å²) in [5.41, 5.74) is 15.4. The normalized spacial score (nSPS) is 11.6. The Morgan fingerprint density at radius 1 is 0.905 bits per heavy atom. The van der Waals surface area contributed by atoms with E-state index >= 15 is 0 Å². The monoisotopic (exact) mass is 568 g/mol. The number of urea groups is 1. The molecule has 0 radical (unpaired) electrons. The lowest BCUT2D eigenvalue weighted by Gasteiger charge is -2.14. The second kappa shape index (κ2) is 10.1. The van der Waals surface area contributed by atoms with Crippen molar-refractivity contribution in [3.63, 3.8) is 0 Å². The molecule has 210 valence electrons. The van der Waals surface area contributed by atoms with Crippen LogP contribution in [0.3, 0.4) is 0 Å². The zero-order chi connectivity index (χ0) is 29.6. The zero-order valence-corrected chi connectivity index (χ0v) is 22.1. The van der Waals surface area contributed by atoms with Gasteiger partial charge in [0.2, 0.25) is 0 Å². The number of halogens is 3. The summed E-state index contributed by atoms with van der Waals surface area (Å²) in [6, 6.07) is 18.2. The Bertz CT molecular complexity index is 2000. The minimum Gasteiger partial charge on any atom is -0.384 e. The molecule has 2 amide bonds. The fraction of sp³-hybridized carbons (Fsp3) is 0.0667. The SMILES string of the molecule is Cc1nc(-c2ccc(NC(=O)Nc3cccc(C(F)(F)F)c3)c3ccccc23)c2c(N)ncc(-c3ccnc(N)c3)n12. The summed E-state index contributed by atoms with van der Waals surface area (Å²) < 4.78 is 41.2. The van der Waals surface area contributed by atoms with Gasteiger partial charge < -0.3 is 22.1 Å². The van der Waals surface area contributed by atoms with Crippen LogP contribution < -0.4 is 22.1 Å². The molecule has 3 aromatic heterocycles. The van der Waals surface area contributed by atoms with Gasteiger partial charge in [0.15, 0.2) is 0 Å². The van der Waals surface area contributed by atoms with Gasteiger partial charge in [0.25, 0.3) is 0 Å². The maximum Gasteiger partial charge on any atom is 0.416 e. The number of rotatable bonds is 4. The molecule has 0 saturated carbocycles. The molecular formula is C30H23F3N8O. The molecule has 9 nitrogen and oxygen atoms in total. The number of alkyl halides is 3. The average molecular weight is 569 g/mol. The third kappa shape index (κ3) is 4.79. The van der Waals surface area contributed by atoms with Crippen LogP contribution in [0.25, 0.3) is 38.8 Å². The van der Waals surface area contributed by atoms with Crippen LogP contribution in [0.4, 0.5) is 41.0 Å². The van der Waals surface area contributed by atoms with E-state index in [9.17, 15) is 18.0 Å². The number of hydrogen-bond donors (Lipinski definition) is 4. The van der Waals surface area contributed by atoms with Crippen molar-refractivity contribution >= 4 is 45.3 Å². The van der Waals surface area contributed by atoms with Crippen LogP contribution >= 0.6 is 0 Å². The number of nitrogens with zero attached hydrogens (tertiary/aromatic N) is 4. The smallest absolute Gasteiger partial charge is 0.384 e. The number of nitrogens with two attached hydrogens (primary N) is 2. The topological polar surface area (TPSA) is 136 Å². The lowest BCUT2D eigenvalue weighted by atomic mass is 10.00. The van der Waals surface area contributed by atoms with Gasteiger partial charge in [-0.3, -0.25) is 4.40 Å². The molecular weight excluding hydrogens is 545 g/mol. The van der Waals surface area contributed by atoms with E-state index in [0.29, 0.717) is 33.9 Å². The highest BCUT2D eigenvalue weighted by molar-refractivity contribution is 6.11. The lowest BCUT2D eigenvalue weighted by Crippen LogP contribution is -2.20. The zero-order valence-electron chi connectivity index (χ0n) is 22.1. The van der Waals surface area contributed by atoms with Gasteiger partial charge in [-0.25, -0.2) is 19.7 Å². The molecule has 6 rings (SSSR count). The van der Waals surface area contributed by atoms with Gasteiger partial charge in [0, 0.05) is 28.4 Å². The molecule has 12 heteroatoms. The molecule has 42 heavy (non-hydrogen) atoms. The Kier molecular flexibility index (Phi) is 6.37. The van der Waals surface area contributed by atoms with Crippen molar-refractivity contribution in [3.8, 4) is 22.5 Å². The van der Waals surface area contributed by atoms with Gasteiger partial charge in [-0.15, -0.1) is 0 Å². The van der Waals surface area contributed by atoms with Crippen LogP contribution in [-0.4, -0.2) is 25.4 Å². The lowest BCUT2D eigenvalue weighted by molar-refractivity contribution is -0.137. The molecule has 0 aliphatic rings. The standard InChI is InChI=1S/C30H23F3N8O/c1-16-38-26(27-28(35)37-15-24(41(16)27)17-11-12-36-25(34)13-17)22-9-10-23(21-8-3-2-7-20(21)22)40-29(42)39-19-6-4-5-18(14-19)30(31,32)33/h2-15H,1H3,(H2,34,36)(H2,35,37)(H2,39,40,42). The minimum absolute atomic E-state index is 0.0120. The molecule has 6 aromatic rings. The Morgan fingerprint density at radius 3 is 2.45 bits per heavy atom.